The molecule has 0 saturated carbocycles. The first kappa shape index (κ1) is 57.3. The molecule has 10 heteroatoms. The number of rotatable bonds is 12. The standard InChI is InChI=1S/C89H60N10/c1-6-26-58(27-7-1)83-92-86(64-34-24-32-62(52-64)57-48-50-61(51-49-57)89-90-75-44-20-23-47-78(75)98(89)67-38-14-5-15-39-67)94-87(93-83)65-35-25-33-63(53-65)72-55-81-82(70-42-17-16-40-68(70)72)74-54-73-69-41-18-21-45-76(69)99(79(73)56-80(74)97(81)66-36-12-4-13-37-66)77-46-22-19-43-71(77)88-95-84(59-28-8-2-9-29-59)91-85(96-88)60-30-10-3-11-31-60/h1-56,84-85,91H,(H,95,96). The van der Waals surface area contributed by atoms with Crippen molar-refractivity contribution in [2.75, 3.05) is 0 Å². The minimum Gasteiger partial charge on any atom is -0.350 e. The van der Waals surface area contributed by atoms with E-state index in [1.54, 1.807) is 0 Å². The van der Waals surface area contributed by atoms with E-state index in [1.807, 2.05) is 30.3 Å². The number of imidazole rings is 1. The Labute approximate surface area is 570 Å². The molecular formula is C89H60N10. The van der Waals surface area contributed by atoms with Crippen LogP contribution in [0.4, 0.5) is 0 Å². The van der Waals surface area contributed by atoms with Gasteiger partial charge in [0.05, 0.1) is 38.8 Å². The van der Waals surface area contributed by atoms with E-state index in [-0.39, 0.29) is 12.3 Å². The molecule has 1 aliphatic heterocycles. The molecule has 5 heterocycles. The molecule has 0 fully saturated rings. The van der Waals surface area contributed by atoms with Gasteiger partial charge in [0.2, 0.25) is 0 Å². The maximum absolute atomic E-state index is 5.48. The highest BCUT2D eigenvalue weighted by Crippen LogP contribution is 2.46. The van der Waals surface area contributed by atoms with Crippen LogP contribution in [-0.4, -0.2) is 39.5 Å². The van der Waals surface area contributed by atoms with Crippen molar-refractivity contribution in [3.63, 3.8) is 0 Å². The van der Waals surface area contributed by atoms with Gasteiger partial charge in [-0.05, 0) is 129 Å². The maximum Gasteiger partial charge on any atom is 0.164 e. The first-order valence-corrected chi connectivity index (χ1v) is 33.5. The summed E-state index contributed by atoms with van der Waals surface area (Å²) in [6.07, 6.45) is -0.482. The van der Waals surface area contributed by atoms with E-state index in [4.69, 9.17) is 24.9 Å². The Morgan fingerprint density at radius 2 is 0.808 bits per heavy atom. The van der Waals surface area contributed by atoms with Crippen LogP contribution in [0.5, 0.6) is 0 Å². The van der Waals surface area contributed by atoms with Gasteiger partial charge < -0.3 is 14.5 Å². The van der Waals surface area contributed by atoms with Gasteiger partial charge in [-0.25, -0.2) is 24.9 Å². The fourth-order valence-electron chi connectivity index (χ4n) is 14.8. The van der Waals surface area contributed by atoms with Crippen molar-refractivity contribution in [3.05, 3.63) is 356 Å². The van der Waals surface area contributed by atoms with Crippen molar-refractivity contribution in [2.45, 2.75) is 12.3 Å². The molecule has 10 nitrogen and oxygen atoms in total. The molecule has 4 aromatic heterocycles. The third kappa shape index (κ3) is 10.0. The number of nitrogens with zero attached hydrogens (tertiary/aromatic N) is 8. The van der Waals surface area contributed by atoms with Gasteiger partial charge in [0, 0.05) is 60.7 Å². The van der Waals surface area contributed by atoms with E-state index in [0.29, 0.717) is 17.5 Å². The third-order valence-electron chi connectivity index (χ3n) is 19.4. The Balaban J connectivity index is 0.741. The molecule has 19 rings (SSSR count). The van der Waals surface area contributed by atoms with Gasteiger partial charge in [0.15, 0.2) is 17.5 Å². The topological polar surface area (TPSA) is 103 Å². The molecule has 0 radical (unpaired) electrons. The number of amidine groups is 1. The first-order valence-electron chi connectivity index (χ1n) is 33.5. The number of nitrogens with one attached hydrogen (secondary N) is 2. The van der Waals surface area contributed by atoms with E-state index in [0.717, 1.165) is 139 Å². The second-order valence-corrected chi connectivity index (χ2v) is 25.2. The average molecular weight is 1270 g/mol. The van der Waals surface area contributed by atoms with Gasteiger partial charge in [-0.2, -0.15) is 0 Å². The Morgan fingerprint density at radius 3 is 1.53 bits per heavy atom. The zero-order valence-corrected chi connectivity index (χ0v) is 53.6. The molecule has 18 aromatic rings. The van der Waals surface area contributed by atoms with E-state index in [9.17, 15) is 0 Å². The molecule has 2 unspecified atom stereocenters. The summed E-state index contributed by atoms with van der Waals surface area (Å²) in [5, 5.41) is 14.7. The summed E-state index contributed by atoms with van der Waals surface area (Å²) >= 11 is 0. The largest absolute Gasteiger partial charge is 0.350 e. The number of fused-ring (bicyclic) bond motifs is 9. The van der Waals surface area contributed by atoms with Crippen LogP contribution >= 0.6 is 0 Å². The number of hydrogen-bond donors (Lipinski definition) is 2. The second kappa shape index (κ2) is 23.9. The zero-order chi connectivity index (χ0) is 65.3. The van der Waals surface area contributed by atoms with Gasteiger partial charge >= 0.3 is 0 Å². The number of benzene rings is 14. The summed E-state index contributed by atoms with van der Waals surface area (Å²) in [6, 6.07) is 120. The Bertz CT molecular complexity index is 6160. The Morgan fingerprint density at radius 1 is 0.283 bits per heavy atom. The maximum atomic E-state index is 5.48. The molecule has 0 aliphatic carbocycles. The fourth-order valence-corrected chi connectivity index (χ4v) is 14.8. The smallest absolute Gasteiger partial charge is 0.164 e. The quantitative estimate of drug-likeness (QED) is 0.126. The van der Waals surface area contributed by atoms with Crippen molar-refractivity contribution in [1.29, 1.82) is 0 Å². The summed E-state index contributed by atoms with van der Waals surface area (Å²) in [5.74, 6) is 3.46. The highest BCUT2D eigenvalue weighted by atomic mass is 15.3. The molecule has 14 aromatic carbocycles. The lowest BCUT2D eigenvalue weighted by molar-refractivity contribution is 0.409. The van der Waals surface area contributed by atoms with Crippen LogP contribution in [0.25, 0.3) is 150 Å². The summed E-state index contributed by atoms with van der Waals surface area (Å²) in [6.45, 7) is 0. The van der Waals surface area contributed by atoms with E-state index in [1.165, 1.54) is 16.2 Å². The van der Waals surface area contributed by atoms with Crippen LogP contribution in [-0.2, 0) is 0 Å². The second-order valence-electron chi connectivity index (χ2n) is 25.2. The van der Waals surface area contributed by atoms with Gasteiger partial charge in [-0.3, -0.25) is 9.88 Å². The normalized spacial score (nSPS) is 14.0. The minimum absolute atomic E-state index is 0.194. The van der Waals surface area contributed by atoms with Crippen LogP contribution < -0.4 is 10.6 Å². The molecule has 0 spiro atoms. The Hall–Kier alpha value is -13.2. The first-order chi connectivity index (χ1) is 49.1. The van der Waals surface area contributed by atoms with Crippen molar-refractivity contribution >= 4 is 71.3 Å². The highest BCUT2D eigenvalue weighted by Gasteiger charge is 2.29. The number of hydrogen-bond acceptors (Lipinski definition) is 7. The van der Waals surface area contributed by atoms with E-state index < -0.39 is 0 Å². The third-order valence-corrected chi connectivity index (χ3v) is 19.4. The van der Waals surface area contributed by atoms with Crippen LogP contribution in [0.2, 0.25) is 0 Å². The van der Waals surface area contributed by atoms with Crippen molar-refractivity contribution < 1.29 is 0 Å². The lowest BCUT2D eigenvalue weighted by Gasteiger charge is -2.32. The molecule has 2 atom stereocenters. The summed E-state index contributed by atoms with van der Waals surface area (Å²) in [7, 11) is 0. The van der Waals surface area contributed by atoms with Crippen LogP contribution in [0.1, 0.15) is 29.0 Å². The summed E-state index contributed by atoms with van der Waals surface area (Å²) in [5.41, 5.74) is 20.7. The van der Waals surface area contributed by atoms with Crippen LogP contribution in [0.3, 0.4) is 0 Å². The molecule has 99 heavy (non-hydrogen) atoms. The molecule has 1 aliphatic rings. The Kier molecular flexibility index (Phi) is 13.9. The lowest BCUT2D eigenvalue weighted by Crippen LogP contribution is -2.45. The van der Waals surface area contributed by atoms with Crippen molar-refractivity contribution in [3.8, 4) is 84.9 Å². The van der Waals surface area contributed by atoms with Crippen LogP contribution in [0.15, 0.2) is 345 Å². The van der Waals surface area contributed by atoms with Crippen molar-refractivity contribution in [1.82, 2.24) is 44.3 Å². The molecule has 0 saturated heterocycles. The fraction of sp³-hybridized carbons (Fsp3) is 0.0225. The van der Waals surface area contributed by atoms with Gasteiger partial charge in [0.1, 0.15) is 24.0 Å². The number of aromatic nitrogens is 7. The molecular weight excluding hydrogens is 1210 g/mol. The van der Waals surface area contributed by atoms with Crippen LogP contribution in [0, 0.1) is 0 Å². The summed E-state index contributed by atoms with van der Waals surface area (Å²) < 4.78 is 7.14. The SMILES string of the molecule is c1ccc(-c2nc(-c3cccc(-c4ccc(-c5nc6ccccc6n5-c5ccccc5)cc4)c3)nc(-c3cccc(-c4cc5c(c6ccccc46)c4cc6c7ccccc7n(-c7ccccc7C7=NC(c8ccccc8)NC(c8ccccc8)N7)c6cc4n5-c4ccccc4)c3)n2)cc1. The van der Waals surface area contributed by atoms with Gasteiger partial charge in [-0.15, -0.1) is 0 Å². The van der Waals surface area contributed by atoms with E-state index in [2.05, 4.69) is 334 Å². The predicted octanol–water partition coefficient (Wildman–Crippen LogP) is 20.9. The molecule has 0 bridgehead atoms. The molecule has 2 N–H and O–H groups in total. The average Bonchev–Trinajstić information content (AvgIpc) is 1.55. The lowest BCUT2D eigenvalue weighted by atomic mass is 9.93. The number of para-hydroxylation sites is 6. The highest BCUT2D eigenvalue weighted by molar-refractivity contribution is 6.27. The minimum atomic E-state index is -0.288. The van der Waals surface area contributed by atoms with Crippen molar-refractivity contribution in [2.24, 2.45) is 4.99 Å². The summed E-state index contributed by atoms with van der Waals surface area (Å²) in [4.78, 5) is 26.5. The molecule has 0 amide bonds. The monoisotopic (exact) mass is 1270 g/mol. The molecule has 466 valence electrons. The zero-order valence-electron chi connectivity index (χ0n) is 53.6. The van der Waals surface area contributed by atoms with Gasteiger partial charge in [0.25, 0.3) is 0 Å². The van der Waals surface area contributed by atoms with E-state index >= 15 is 0 Å². The number of aliphatic imine (C=N–C) groups is 1. The predicted molar refractivity (Wildman–Crippen MR) is 404 cm³/mol. The van der Waals surface area contributed by atoms with Gasteiger partial charge in [-0.1, -0.05) is 255 Å².